The SMILES string of the molecule is CN(C)C1CC(c2cccc(C(F)(F)I)c2)CC[C@@H]1OC1=CCC(CC(Nc2ccncn2)C(=O)O)C(C2CC2)=N1. The van der Waals surface area contributed by atoms with Gasteiger partial charge in [-0.3, -0.25) is 0 Å². The van der Waals surface area contributed by atoms with E-state index in [1.165, 1.54) is 35.0 Å². The third-order valence-corrected chi connectivity index (χ3v) is 8.95. The summed E-state index contributed by atoms with van der Waals surface area (Å²) in [5, 5.41) is 12.9. The van der Waals surface area contributed by atoms with Crippen LogP contribution in [0.15, 0.2) is 59.8 Å². The molecule has 3 aliphatic rings. The molecule has 2 aromatic rings. The molecule has 41 heavy (non-hydrogen) atoms. The van der Waals surface area contributed by atoms with Crippen molar-refractivity contribution >= 4 is 40.1 Å². The van der Waals surface area contributed by atoms with E-state index in [0.717, 1.165) is 43.4 Å². The summed E-state index contributed by atoms with van der Waals surface area (Å²) in [7, 11) is 4.05. The number of carboxylic acids is 1. The Hall–Kier alpha value is -2.67. The minimum absolute atomic E-state index is 0.00831. The smallest absolute Gasteiger partial charge is 0.326 e. The number of aliphatic carboxylic acids is 1. The van der Waals surface area contributed by atoms with E-state index in [1.54, 1.807) is 24.4 Å². The summed E-state index contributed by atoms with van der Waals surface area (Å²) >= 11 is 1.19. The highest BCUT2D eigenvalue weighted by Gasteiger charge is 2.39. The van der Waals surface area contributed by atoms with Crippen molar-refractivity contribution in [3.8, 4) is 0 Å². The lowest BCUT2D eigenvalue weighted by molar-refractivity contribution is -0.138. The Labute approximate surface area is 252 Å². The van der Waals surface area contributed by atoms with Crippen molar-refractivity contribution in [3.63, 3.8) is 0 Å². The maximum atomic E-state index is 14.0. The second-order valence-corrected chi connectivity index (χ2v) is 12.8. The molecule has 2 N–H and O–H groups in total. The van der Waals surface area contributed by atoms with E-state index >= 15 is 0 Å². The van der Waals surface area contributed by atoms with Crippen molar-refractivity contribution in [1.29, 1.82) is 0 Å². The van der Waals surface area contributed by atoms with E-state index in [2.05, 4.69) is 20.2 Å². The van der Waals surface area contributed by atoms with Crippen LogP contribution in [0.1, 0.15) is 62.0 Å². The predicted molar refractivity (Wildman–Crippen MR) is 161 cm³/mol. The van der Waals surface area contributed by atoms with Crippen LogP contribution in [0.25, 0.3) is 0 Å². The molecule has 2 fully saturated rings. The Balaban J connectivity index is 1.26. The van der Waals surface area contributed by atoms with Crippen molar-refractivity contribution in [1.82, 2.24) is 14.9 Å². The molecule has 5 atom stereocenters. The Bertz CT molecular complexity index is 1280. The van der Waals surface area contributed by atoms with Crippen molar-refractivity contribution in [2.24, 2.45) is 16.8 Å². The highest BCUT2D eigenvalue weighted by atomic mass is 127. The highest BCUT2D eigenvalue weighted by molar-refractivity contribution is 14.1. The number of nitrogens with one attached hydrogen (secondary N) is 1. The number of aliphatic imine (C=N–C) groups is 1. The van der Waals surface area contributed by atoms with Crippen molar-refractivity contribution in [2.75, 3.05) is 19.4 Å². The molecule has 1 aromatic heterocycles. The van der Waals surface area contributed by atoms with Gasteiger partial charge in [0.1, 0.15) is 24.3 Å². The van der Waals surface area contributed by atoms with Gasteiger partial charge in [0.15, 0.2) is 0 Å². The Morgan fingerprint density at radius 1 is 1.22 bits per heavy atom. The van der Waals surface area contributed by atoms with Gasteiger partial charge in [0.2, 0.25) is 5.88 Å². The van der Waals surface area contributed by atoms with Gasteiger partial charge in [0.25, 0.3) is 0 Å². The van der Waals surface area contributed by atoms with Gasteiger partial charge in [0, 0.05) is 52.0 Å². The largest absolute Gasteiger partial charge is 0.480 e. The molecule has 2 saturated carbocycles. The number of likely N-dealkylation sites (N-methyl/N-ethyl adjacent to an activating group) is 1. The number of nitrogens with zero attached hydrogens (tertiary/aromatic N) is 4. The summed E-state index contributed by atoms with van der Waals surface area (Å²) in [6.07, 6.45) is 10.5. The summed E-state index contributed by atoms with van der Waals surface area (Å²) in [4.78, 5) is 27.2. The quantitative estimate of drug-likeness (QED) is 0.215. The zero-order valence-corrected chi connectivity index (χ0v) is 25.4. The minimum atomic E-state index is -2.89. The number of alkyl halides is 3. The second kappa shape index (κ2) is 12.7. The van der Waals surface area contributed by atoms with Gasteiger partial charge in [0.05, 0.1) is 0 Å². The number of carbonyl (C=O) groups is 1. The molecule has 11 heteroatoms. The van der Waals surface area contributed by atoms with Gasteiger partial charge in [-0.25, -0.2) is 19.8 Å². The van der Waals surface area contributed by atoms with Gasteiger partial charge in [-0.05, 0) is 94.6 Å². The lowest BCUT2D eigenvalue weighted by Crippen LogP contribution is -2.44. The normalized spacial score (nSPS) is 25.7. The second-order valence-electron chi connectivity index (χ2n) is 11.5. The molecular formula is C30H36F2IN5O3. The molecule has 2 aliphatic carbocycles. The van der Waals surface area contributed by atoms with Crippen molar-refractivity contribution in [2.45, 2.75) is 73.0 Å². The van der Waals surface area contributed by atoms with Crippen LogP contribution in [0, 0.1) is 11.8 Å². The molecule has 0 spiro atoms. The molecule has 1 aromatic carbocycles. The van der Waals surface area contributed by atoms with Crippen LogP contribution in [-0.4, -0.2) is 63.9 Å². The molecule has 8 nitrogen and oxygen atoms in total. The summed E-state index contributed by atoms with van der Waals surface area (Å²) in [6, 6.07) is 7.76. The molecule has 2 heterocycles. The van der Waals surface area contributed by atoms with Crippen LogP contribution in [0.2, 0.25) is 0 Å². The Morgan fingerprint density at radius 2 is 2.00 bits per heavy atom. The first kappa shape index (κ1) is 29.8. The van der Waals surface area contributed by atoms with E-state index in [-0.39, 0.29) is 29.5 Å². The molecule has 0 bridgehead atoms. The number of benzene rings is 1. The maximum absolute atomic E-state index is 14.0. The molecule has 1 aliphatic heterocycles. The molecule has 0 saturated heterocycles. The molecule has 0 amide bonds. The van der Waals surface area contributed by atoms with Crippen LogP contribution in [0.3, 0.4) is 0 Å². The van der Waals surface area contributed by atoms with Gasteiger partial charge in [-0.15, -0.1) is 0 Å². The van der Waals surface area contributed by atoms with Crippen LogP contribution >= 0.6 is 22.6 Å². The van der Waals surface area contributed by atoms with Gasteiger partial charge in [-0.2, -0.15) is 8.78 Å². The molecule has 4 unspecified atom stereocenters. The van der Waals surface area contributed by atoms with Crippen LogP contribution < -0.4 is 5.32 Å². The Morgan fingerprint density at radius 3 is 2.66 bits per heavy atom. The standard InChI is InChI=1S/C30H36F2IN5O3/c1-38(2)24-16-20(19-4-3-5-22(14-19)30(31,32)33)8-10-25(24)41-27-11-9-21(28(37-27)18-6-7-18)15-23(29(39)40)36-26-12-13-34-17-35-26/h3-5,11-14,17-18,20-21,23-25H,6-10,15-16H2,1-2H3,(H,39,40)(H,34,35,36)/t20?,21?,23?,24?,25-/m0/s1. The lowest BCUT2D eigenvalue weighted by atomic mass is 9.79. The number of carboxylic acid groups (broad SMARTS) is 1. The van der Waals surface area contributed by atoms with E-state index in [0.29, 0.717) is 30.5 Å². The molecule has 5 rings (SSSR count). The maximum Gasteiger partial charge on any atom is 0.326 e. The zero-order valence-electron chi connectivity index (χ0n) is 23.2. The number of hydrogen-bond donors (Lipinski definition) is 2. The zero-order chi connectivity index (χ0) is 29.1. The predicted octanol–water partition coefficient (Wildman–Crippen LogP) is 6.21. The lowest BCUT2D eigenvalue weighted by Gasteiger charge is -2.40. The van der Waals surface area contributed by atoms with E-state index in [1.807, 2.05) is 26.2 Å². The highest BCUT2D eigenvalue weighted by Crippen LogP contribution is 2.42. The fraction of sp³-hybridized carbons (Fsp3) is 0.533. The number of halogens is 3. The van der Waals surface area contributed by atoms with Crippen LogP contribution in [0.5, 0.6) is 0 Å². The number of allylic oxidation sites excluding steroid dienone is 1. The summed E-state index contributed by atoms with van der Waals surface area (Å²) in [5.74, 6) is 0.710. The van der Waals surface area contributed by atoms with Crippen molar-refractivity contribution in [3.05, 3.63) is 65.9 Å². The number of anilines is 1. The average Bonchev–Trinajstić information content (AvgIpc) is 3.79. The fourth-order valence-corrected chi connectivity index (χ4v) is 6.35. The van der Waals surface area contributed by atoms with Gasteiger partial charge < -0.3 is 20.1 Å². The van der Waals surface area contributed by atoms with Gasteiger partial charge in [-0.1, -0.05) is 18.2 Å². The first-order valence-electron chi connectivity index (χ1n) is 14.1. The summed E-state index contributed by atoms with van der Waals surface area (Å²) in [5.41, 5.74) is 2.02. The summed E-state index contributed by atoms with van der Waals surface area (Å²) in [6.45, 7) is 0. The summed E-state index contributed by atoms with van der Waals surface area (Å²) < 4.78 is 31.6. The fourth-order valence-electron chi connectivity index (χ4n) is 6.01. The number of ether oxygens (including phenoxy) is 1. The first-order chi connectivity index (χ1) is 19.6. The monoisotopic (exact) mass is 679 g/mol. The number of aromatic nitrogens is 2. The first-order valence-corrected chi connectivity index (χ1v) is 15.2. The minimum Gasteiger partial charge on any atom is -0.480 e. The number of hydrogen-bond acceptors (Lipinski definition) is 7. The van der Waals surface area contributed by atoms with E-state index in [9.17, 15) is 18.7 Å². The van der Waals surface area contributed by atoms with Crippen LogP contribution in [-0.2, 0) is 13.5 Å². The third-order valence-electron chi connectivity index (χ3n) is 8.33. The molecular weight excluding hydrogens is 643 g/mol. The Kier molecular flexibility index (Phi) is 9.22. The molecule has 0 radical (unpaired) electrons. The topological polar surface area (TPSA) is 99.9 Å². The average molecular weight is 680 g/mol. The van der Waals surface area contributed by atoms with E-state index < -0.39 is 15.9 Å². The number of rotatable bonds is 11. The van der Waals surface area contributed by atoms with Crippen molar-refractivity contribution < 1.29 is 23.4 Å². The van der Waals surface area contributed by atoms with Gasteiger partial charge >= 0.3 is 9.90 Å². The third kappa shape index (κ3) is 7.59. The van der Waals surface area contributed by atoms with Crippen LogP contribution in [0.4, 0.5) is 14.6 Å². The van der Waals surface area contributed by atoms with E-state index in [4.69, 9.17) is 9.73 Å². The molecule has 220 valence electrons.